The molecule has 0 fully saturated rings. The maximum Gasteiger partial charge on any atom is 0.240 e. The van der Waals surface area contributed by atoms with Crippen molar-refractivity contribution in [2.75, 3.05) is 26.2 Å². The molecule has 0 saturated carbocycles. The van der Waals surface area contributed by atoms with Gasteiger partial charge in [0.2, 0.25) is 17.7 Å². The van der Waals surface area contributed by atoms with Crippen LogP contribution in [-0.4, -0.2) is 48.8 Å². The van der Waals surface area contributed by atoms with E-state index in [1.807, 2.05) is 6.92 Å². The number of rotatable bonds is 10. The summed E-state index contributed by atoms with van der Waals surface area (Å²) < 4.78 is 0. The number of nitrogens with zero attached hydrogens (tertiary/aromatic N) is 1. The summed E-state index contributed by atoms with van der Waals surface area (Å²) in [5, 5.41) is 5.29. The average molecular weight is 299 g/mol. The minimum absolute atomic E-state index is 0.0137. The van der Waals surface area contributed by atoms with Gasteiger partial charge >= 0.3 is 0 Å². The lowest BCUT2D eigenvalue weighted by molar-refractivity contribution is -0.136. The van der Waals surface area contributed by atoms with Crippen LogP contribution in [0.5, 0.6) is 0 Å². The Morgan fingerprint density at radius 3 is 2.24 bits per heavy atom. The third-order valence-corrected chi connectivity index (χ3v) is 2.97. The van der Waals surface area contributed by atoms with Crippen LogP contribution in [0.1, 0.15) is 47.0 Å². The highest BCUT2D eigenvalue weighted by molar-refractivity contribution is 5.88. The fraction of sp³-hybridized carbons (Fsp3) is 0.800. The van der Waals surface area contributed by atoms with Crippen molar-refractivity contribution in [1.82, 2.24) is 15.5 Å². The van der Waals surface area contributed by atoms with Crippen LogP contribution in [0.3, 0.4) is 0 Å². The van der Waals surface area contributed by atoms with Crippen LogP contribution in [0.25, 0.3) is 0 Å². The lowest BCUT2D eigenvalue weighted by Gasteiger charge is -2.20. The Morgan fingerprint density at radius 1 is 1.05 bits per heavy atom. The molecule has 0 aliphatic carbocycles. The van der Waals surface area contributed by atoms with Crippen LogP contribution in [0.2, 0.25) is 0 Å². The van der Waals surface area contributed by atoms with Gasteiger partial charge in [0.25, 0.3) is 0 Å². The van der Waals surface area contributed by atoms with Crippen molar-refractivity contribution in [1.29, 1.82) is 0 Å². The summed E-state index contributed by atoms with van der Waals surface area (Å²) in [4.78, 5) is 36.4. The van der Waals surface area contributed by atoms with Crippen molar-refractivity contribution >= 4 is 17.7 Å². The zero-order chi connectivity index (χ0) is 16.3. The van der Waals surface area contributed by atoms with Crippen LogP contribution >= 0.6 is 0 Å². The minimum atomic E-state index is -0.302. The van der Waals surface area contributed by atoms with Crippen LogP contribution in [0.15, 0.2) is 0 Å². The Bertz CT molecular complexity index is 343. The van der Waals surface area contributed by atoms with Crippen LogP contribution in [0.4, 0.5) is 0 Å². The molecular weight excluding hydrogens is 270 g/mol. The Kier molecular flexibility index (Phi) is 10.3. The van der Waals surface area contributed by atoms with Crippen molar-refractivity contribution in [2.24, 2.45) is 5.92 Å². The Morgan fingerprint density at radius 2 is 1.71 bits per heavy atom. The normalized spacial score (nSPS) is 10.3. The first kappa shape index (κ1) is 19.4. The Hall–Kier alpha value is -1.59. The van der Waals surface area contributed by atoms with Gasteiger partial charge in [0.1, 0.15) is 0 Å². The van der Waals surface area contributed by atoms with Gasteiger partial charge in [-0.15, -0.1) is 0 Å². The van der Waals surface area contributed by atoms with Gasteiger partial charge < -0.3 is 15.5 Å². The largest absolute Gasteiger partial charge is 0.355 e. The van der Waals surface area contributed by atoms with E-state index in [4.69, 9.17) is 0 Å². The molecule has 0 aromatic heterocycles. The summed E-state index contributed by atoms with van der Waals surface area (Å²) in [6.45, 7) is 9.03. The fourth-order valence-corrected chi connectivity index (χ4v) is 1.76. The highest BCUT2D eigenvalue weighted by Gasteiger charge is 2.15. The molecule has 21 heavy (non-hydrogen) atoms. The smallest absolute Gasteiger partial charge is 0.240 e. The summed E-state index contributed by atoms with van der Waals surface area (Å²) in [5.74, 6) is -0.0203. The van der Waals surface area contributed by atoms with Gasteiger partial charge in [0.15, 0.2) is 0 Å². The molecule has 2 N–H and O–H groups in total. The first-order valence-electron chi connectivity index (χ1n) is 7.71. The molecule has 0 aliphatic rings. The van der Waals surface area contributed by atoms with E-state index in [1.54, 1.807) is 6.92 Å². The van der Waals surface area contributed by atoms with Crippen molar-refractivity contribution in [3.63, 3.8) is 0 Å². The van der Waals surface area contributed by atoms with E-state index in [0.29, 0.717) is 25.4 Å². The zero-order valence-electron chi connectivity index (χ0n) is 13.7. The van der Waals surface area contributed by atoms with Gasteiger partial charge in [-0.05, 0) is 18.8 Å². The maximum atomic E-state index is 11.8. The molecule has 6 nitrogen and oxygen atoms in total. The second-order valence-corrected chi connectivity index (χ2v) is 5.48. The first-order valence-corrected chi connectivity index (χ1v) is 7.71. The minimum Gasteiger partial charge on any atom is -0.355 e. The molecule has 0 unspecified atom stereocenters. The molecule has 0 saturated heterocycles. The van der Waals surface area contributed by atoms with E-state index in [0.717, 1.165) is 12.8 Å². The molecule has 0 heterocycles. The van der Waals surface area contributed by atoms with E-state index in [-0.39, 0.29) is 30.8 Å². The third-order valence-electron chi connectivity index (χ3n) is 2.97. The molecule has 0 atom stereocenters. The molecule has 122 valence electrons. The third kappa shape index (κ3) is 9.87. The monoisotopic (exact) mass is 299 g/mol. The summed E-state index contributed by atoms with van der Waals surface area (Å²) in [7, 11) is 0. The standard InChI is InChI=1S/C15H29N3O3/c1-5-9-18(15(21)6-2)11-14(20)17-10-13(19)16-8-7-12(3)4/h12H,5-11H2,1-4H3,(H,16,19)(H,17,20). The maximum absolute atomic E-state index is 11.8. The molecular formula is C15H29N3O3. The summed E-state index contributed by atoms with van der Waals surface area (Å²) in [5.41, 5.74) is 0. The van der Waals surface area contributed by atoms with Crippen molar-refractivity contribution < 1.29 is 14.4 Å². The van der Waals surface area contributed by atoms with Crippen molar-refractivity contribution in [2.45, 2.75) is 47.0 Å². The molecule has 0 radical (unpaired) electrons. The number of amides is 3. The number of carbonyl (C=O) groups is 3. The van der Waals surface area contributed by atoms with E-state index in [1.165, 1.54) is 4.90 Å². The van der Waals surface area contributed by atoms with E-state index in [9.17, 15) is 14.4 Å². The van der Waals surface area contributed by atoms with E-state index < -0.39 is 0 Å². The van der Waals surface area contributed by atoms with Gasteiger partial charge in [-0.25, -0.2) is 0 Å². The molecule has 0 spiro atoms. The average Bonchev–Trinajstić information content (AvgIpc) is 2.43. The second kappa shape index (κ2) is 11.1. The highest BCUT2D eigenvalue weighted by Crippen LogP contribution is 1.97. The highest BCUT2D eigenvalue weighted by atomic mass is 16.2. The predicted molar refractivity (Wildman–Crippen MR) is 82.6 cm³/mol. The Labute approximate surface area is 127 Å². The first-order chi connectivity index (χ1) is 9.90. The van der Waals surface area contributed by atoms with Crippen molar-refractivity contribution in [3.8, 4) is 0 Å². The predicted octanol–water partition coefficient (Wildman–Crippen LogP) is 0.913. The van der Waals surface area contributed by atoms with Gasteiger partial charge in [0.05, 0.1) is 13.1 Å². The topological polar surface area (TPSA) is 78.5 Å². The Balaban J connectivity index is 4.01. The summed E-state index contributed by atoms with van der Waals surface area (Å²) in [6.07, 6.45) is 2.09. The van der Waals surface area contributed by atoms with Gasteiger partial charge in [-0.3, -0.25) is 14.4 Å². The molecule has 0 rings (SSSR count). The number of hydrogen-bond donors (Lipinski definition) is 2. The lowest BCUT2D eigenvalue weighted by Crippen LogP contribution is -2.44. The van der Waals surface area contributed by atoms with Crippen LogP contribution in [-0.2, 0) is 14.4 Å². The SMILES string of the molecule is CCCN(CC(=O)NCC(=O)NCCC(C)C)C(=O)CC. The molecule has 6 heteroatoms. The number of nitrogens with one attached hydrogen (secondary N) is 2. The van der Waals surface area contributed by atoms with Gasteiger partial charge in [-0.1, -0.05) is 27.7 Å². The molecule has 0 aliphatic heterocycles. The molecule has 0 aromatic carbocycles. The fourth-order valence-electron chi connectivity index (χ4n) is 1.76. The zero-order valence-corrected chi connectivity index (χ0v) is 13.7. The van der Waals surface area contributed by atoms with Crippen LogP contribution < -0.4 is 10.6 Å². The number of hydrogen-bond acceptors (Lipinski definition) is 3. The van der Waals surface area contributed by atoms with Crippen LogP contribution in [0, 0.1) is 5.92 Å². The molecule has 0 bridgehead atoms. The lowest BCUT2D eigenvalue weighted by atomic mass is 10.1. The second-order valence-electron chi connectivity index (χ2n) is 5.48. The van der Waals surface area contributed by atoms with Gasteiger partial charge in [0, 0.05) is 19.5 Å². The molecule has 0 aromatic rings. The quantitative estimate of drug-likeness (QED) is 0.629. The van der Waals surface area contributed by atoms with Crippen molar-refractivity contribution in [3.05, 3.63) is 0 Å². The summed E-state index contributed by atoms with van der Waals surface area (Å²) in [6, 6.07) is 0. The van der Waals surface area contributed by atoms with E-state index in [2.05, 4.69) is 24.5 Å². The molecule has 3 amide bonds. The summed E-state index contributed by atoms with van der Waals surface area (Å²) >= 11 is 0. The van der Waals surface area contributed by atoms with Gasteiger partial charge in [-0.2, -0.15) is 0 Å². The van der Waals surface area contributed by atoms with E-state index >= 15 is 0 Å². The number of carbonyl (C=O) groups excluding carboxylic acids is 3.